The summed E-state index contributed by atoms with van der Waals surface area (Å²) in [6.07, 6.45) is -4.78. The molecule has 0 aliphatic heterocycles. The van der Waals surface area contributed by atoms with Crippen LogP contribution in [0.2, 0.25) is 0 Å². The Morgan fingerprint density at radius 3 is 2.45 bits per heavy atom. The van der Waals surface area contributed by atoms with E-state index in [-0.39, 0.29) is 16.1 Å². The summed E-state index contributed by atoms with van der Waals surface area (Å²) in [5, 5.41) is -0.591. The van der Waals surface area contributed by atoms with Crippen LogP contribution in [-0.2, 0) is 6.18 Å². The molecule has 0 fully saturated rings. The molecule has 0 atom stereocenters. The lowest BCUT2D eigenvalue weighted by atomic mass is 10.1. The van der Waals surface area contributed by atoms with Crippen LogP contribution in [0.4, 0.5) is 13.2 Å². The van der Waals surface area contributed by atoms with Crippen LogP contribution >= 0.6 is 12.2 Å². The van der Waals surface area contributed by atoms with Gasteiger partial charge in [-0.3, -0.25) is 14.3 Å². The number of ether oxygens (including phenoxy) is 1. The standard InChI is InChI=1S/C22H16F3N3O2S/c1-2-30-17-11-7-6-10-16(17)28-19-18(20(29)27-21(28)31)14(22(23,24)25)12-15(26-19)13-8-4-3-5-9-13/h3-12H,2H2,1H3,(H,27,29,31). The maximum absolute atomic E-state index is 14.0. The fourth-order valence-corrected chi connectivity index (χ4v) is 3.63. The van der Waals surface area contributed by atoms with Crippen molar-refractivity contribution < 1.29 is 17.9 Å². The topological polar surface area (TPSA) is 59.9 Å². The van der Waals surface area contributed by atoms with Crippen LogP contribution in [0.1, 0.15) is 12.5 Å². The summed E-state index contributed by atoms with van der Waals surface area (Å²) >= 11 is 5.32. The second kappa shape index (κ2) is 7.99. The lowest BCUT2D eigenvalue weighted by molar-refractivity contribution is -0.136. The number of nitrogens with zero attached hydrogens (tertiary/aromatic N) is 2. The van der Waals surface area contributed by atoms with Crippen LogP contribution in [-0.4, -0.2) is 21.1 Å². The van der Waals surface area contributed by atoms with Gasteiger partial charge in [0.2, 0.25) is 0 Å². The van der Waals surface area contributed by atoms with Gasteiger partial charge in [0.25, 0.3) is 5.56 Å². The number of H-pyrrole nitrogens is 1. The number of aromatic nitrogens is 3. The molecular formula is C22H16F3N3O2S. The molecule has 0 radical (unpaired) electrons. The summed E-state index contributed by atoms with van der Waals surface area (Å²) in [6.45, 7) is 2.12. The van der Waals surface area contributed by atoms with Gasteiger partial charge in [0, 0.05) is 5.56 Å². The van der Waals surface area contributed by atoms with E-state index in [1.807, 2.05) is 0 Å². The molecule has 4 aromatic rings. The van der Waals surface area contributed by atoms with Gasteiger partial charge in [-0.2, -0.15) is 13.2 Å². The van der Waals surface area contributed by atoms with E-state index in [4.69, 9.17) is 17.0 Å². The highest BCUT2D eigenvalue weighted by atomic mass is 32.1. The first kappa shape index (κ1) is 20.8. The number of hydrogen-bond acceptors (Lipinski definition) is 4. The fourth-order valence-electron chi connectivity index (χ4n) is 3.35. The monoisotopic (exact) mass is 443 g/mol. The molecule has 0 unspecified atom stereocenters. The van der Waals surface area contributed by atoms with E-state index in [1.54, 1.807) is 61.5 Å². The summed E-state index contributed by atoms with van der Waals surface area (Å²) < 4.78 is 48.8. The van der Waals surface area contributed by atoms with Gasteiger partial charge in [0.1, 0.15) is 5.75 Å². The van der Waals surface area contributed by atoms with Gasteiger partial charge < -0.3 is 4.74 Å². The predicted octanol–water partition coefficient (Wildman–Crippen LogP) is 5.53. The largest absolute Gasteiger partial charge is 0.492 e. The Morgan fingerprint density at radius 2 is 1.77 bits per heavy atom. The molecule has 0 bridgehead atoms. The zero-order chi connectivity index (χ0) is 22.2. The molecule has 0 spiro atoms. The predicted molar refractivity (Wildman–Crippen MR) is 114 cm³/mol. The Morgan fingerprint density at radius 1 is 1.10 bits per heavy atom. The van der Waals surface area contributed by atoms with Crippen molar-refractivity contribution in [2.24, 2.45) is 0 Å². The number of nitrogens with one attached hydrogen (secondary N) is 1. The maximum Gasteiger partial charge on any atom is 0.417 e. The molecular weight excluding hydrogens is 427 g/mol. The molecule has 1 N–H and O–H groups in total. The Labute approximate surface area is 179 Å². The minimum Gasteiger partial charge on any atom is -0.492 e. The van der Waals surface area contributed by atoms with Crippen LogP contribution in [0, 0.1) is 4.77 Å². The second-order valence-corrected chi connectivity index (χ2v) is 7.00. The summed E-state index contributed by atoms with van der Waals surface area (Å²) in [6, 6.07) is 16.1. The van der Waals surface area contributed by atoms with Crippen molar-refractivity contribution in [3.8, 4) is 22.7 Å². The number of benzene rings is 2. The third-order valence-electron chi connectivity index (χ3n) is 4.64. The average molecular weight is 443 g/mol. The van der Waals surface area contributed by atoms with Crippen molar-refractivity contribution in [1.29, 1.82) is 0 Å². The molecule has 31 heavy (non-hydrogen) atoms. The number of para-hydroxylation sites is 2. The molecule has 0 saturated carbocycles. The number of pyridine rings is 1. The Hall–Kier alpha value is -3.46. The minimum absolute atomic E-state index is 0.0723. The van der Waals surface area contributed by atoms with Gasteiger partial charge in [-0.15, -0.1) is 0 Å². The van der Waals surface area contributed by atoms with E-state index < -0.39 is 22.7 Å². The van der Waals surface area contributed by atoms with E-state index in [1.165, 1.54) is 4.57 Å². The average Bonchev–Trinajstić information content (AvgIpc) is 2.74. The van der Waals surface area contributed by atoms with Crippen LogP contribution in [0.3, 0.4) is 0 Å². The highest BCUT2D eigenvalue weighted by molar-refractivity contribution is 7.71. The molecule has 0 amide bonds. The summed E-state index contributed by atoms with van der Waals surface area (Å²) in [4.78, 5) is 19.4. The first-order valence-electron chi connectivity index (χ1n) is 9.36. The zero-order valence-corrected chi connectivity index (χ0v) is 17.1. The zero-order valence-electron chi connectivity index (χ0n) is 16.2. The molecule has 158 valence electrons. The van der Waals surface area contributed by atoms with Gasteiger partial charge in [0.15, 0.2) is 10.4 Å². The highest BCUT2D eigenvalue weighted by Gasteiger charge is 2.35. The number of aromatic amines is 1. The van der Waals surface area contributed by atoms with Gasteiger partial charge in [-0.25, -0.2) is 4.98 Å². The van der Waals surface area contributed by atoms with Gasteiger partial charge >= 0.3 is 6.18 Å². The van der Waals surface area contributed by atoms with Gasteiger partial charge in [-0.05, 0) is 37.3 Å². The number of fused-ring (bicyclic) bond motifs is 1. The molecule has 4 rings (SSSR count). The van der Waals surface area contributed by atoms with Crippen LogP contribution in [0.15, 0.2) is 65.5 Å². The summed E-state index contributed by atoms with van der Waals surface area (Å²) in [5.41, 5.74) is -1.32. The smallest absolute Gasteiger partial charge is 0.417 e. The van der Waals surface area contributed by atoms with Gasteiger partial charge in [0.05, 0.1) is 28.9 Å². The Bertz CT molecular complexity index is 1380. The molecule has 9 heteroatoms. The summed E-state index contributed by atoms with van der Waals surface area (Å²) in [5.74, 6) is 0.398. The van der Waals surface area contributed by atoms with Crippen LogP contribution in [0.5, 0.6) is 5.75 Å². The number of alkyl halides is 3. The number of hydrogen-bond donors (Lipinski definition) is 1. The van der Waals surface area contributed by atoms with Gasteiger partial charge in [-0.1, -0.05) is 42.5 Å². The van der Waals surface area contributed by atoms with Crippen LogP contribution in [0.25, 0.3) is 28.0 Å². The summed E-state index contributed by atoms with van der Waals surface area (Å²) in [7, 11) is 0. The third kappa shape index (κ3) is 3.84. The van der Waals surface area contributed by atoms with E-state index in [9.17, 15) is 18.0 Å². The minimum atomic E-state index is -4.78. The molecule has 2 aromatic carbocycles. The first-order valence-corrected chi connectivity index (χ1v) is 9.77. The lowest BCUT2D eigenvalue weighted by Crippen LogP contribution is -2.20. The van der Waals surface area contributed by atoms with Crippen molar-refractivity contribution in [2.45, 2.75) is 13.1 Å². The molecule has 0 aliphatic carbocycles. The quantitative estimate of drug-likeness (QED) is 0.422. The van der Waals surface area contributed by atoms with Crippen molar-refractivity contribution in [3.63, 3.8) is 0 Å². The van der Waals surface area contributed by atoms with E-state index >= 15 is 0 Å². The maximum atomic E-state index is 14.0. The van der Waals surface area contributed by atoms with Crippen LogP contribution < -0.4 is 10.3 Å². The molecule has 5 nitrogen and oxygen atoms in total. The fraction of sp³-hybridized carbons (Fsp3) is 0.136. The highest BCUT2D eigenvalue weighted by Crippen LogP contribution is 2.36. The van der Waals surface area contributed by atoms with E-state index in [2.05, 4.69) is 9.97 Å². The van der Waals surface area contributed by atoms with Crippen molar-refractivity contribution >= 4 is 23.3 Å². The van der Waals surface area contributed by atoms with Crippen molar-refractivity contribution in [2.75, 3.05) is 6.61 Å². The SMILES string of the molecule is CCOc1ccccc1-n1c(=S)[nH]c(=O)c2c(C(F)(F)F)cc(-c3ccccc3)nc21. The molecule has 2 heterocycles. The molecule has 0 aliphatic rings. The Kier molecular flexibility index (Phi) is 5.36. The molecule has 2 aromatic heterocycles. The van der Waals surface area contributed by atoms with Crippen molar-refractivity contribution in [1.82, 2.24) is 14.5 Å². The normalized spacial score (nSPS) is 11.6. The van der Waals surface area contributed by atoms with E-state index in [0.717, 1.165) is 6.07 Å². The Balaban J connectivity index is 2.19. The third-order valence-corrected chi connectivity index (χ3v) is 4.93. The number of halogens is 3. The number of rotatable bonds is 4. The van der Waals surface area contributed by atoms with E-state index in [0.29, 0.717) is 23.6 Å². The van der Waals surface area contributed by atoms with Crippen molar-refractivity contribution in [3.05, 3.63) is 81.4 Å². The first-order chi connectivity index (χ1) is 14.8. The lowest BCUT2D eigenvalue weighted by Gasteiger charge is -2.18. The molecule has 0 saturated heterocycles. The second-order valence-electron chi connectivity index (χ2n) is 6.61.